The molecule has 0 unspecified atom stereocenters. The highest BCUT2D eigenvalue weighted by Crippen LogP contribution is 2.46. The van der Waals surface area contributed by atoms with Gasteiger partial charge in [0, 0.05) is 26.0 Å². The molecule has 2 aromatic rings. The molecule has 2 nitrogen and oxygen atoms in total. The molecule has 23 heavy (non-hydrogen) atoms. The van der Waals surface area contributed by atoms with Crippen molar-refractivity contribution in [2.24, 2.45) is 0 Å². The number of hydrogen-bond donors (Lipinski definition) is 0. The fourth-order valence-electron chi connectivity index (χ4n) is 2.67. The molecule has 1 aliphatic heterocycles. The number of halogens is 1. The lowest BCUT2D eigenvalue weighted by atomic mass is 10.0. The summed E-state index contributed by atoms with van der Waals surface area (Å²) in [5.74, 6) is -0.160. The Morgan fingerprint density at radius 1 is 1.26 bits per heavy atom. The first-order valence-corrected chi connectivity index (χ1v) is 9.74. The average Bonchev–Trinajstić information content (AvgIpc) is 2.68. The van der Waals surface area contributed by atoms with E-state index in [9.17, 15) is 9.90 Å². The summed E-state index contributed by atoms with van der Waals surface area (Å²) in [6.07, 6.45) is 1.68. The second-order valence-corrected chi connectivity index (χ2v) is 8.26. The number of benzene rings is 2. The highest BCUT2D eigenvalue weighted by atomic mass is 35.5. The zero-order valence-electron chi connectivity index (χ0n) is 12.5. The van der Waals surface area contributed by atoms with Crippen molar-refractivity contribution >= 4 is 41.1 Å². The minimum absolute atomic E-state index is 0.124. The van der Waals surface area contributed by atoms with Gasteiger partial charge >= 0.3 is 0 Å². The molecule has 0 amide bonds. The van der Waals surface area contributed by atoms with E-state index in [1.54, 1.807) is 11.8 Å². The van der Waals surface area contributed by atoms with Crippen LogP contribution >= 0.6 is 35.1 Å². The molecular formula is C18H16ClO2S2-. The second kappa shape index (κ2) is 7.65. The van der Waals surface area contributed by atoms with Crippen LogP contribution in [-0.4, -0.2) is 11.7 Å². The van der Waals surface area contributed by atoms with Crippen molar-refractivity contribution in [1.82, 2.24) is 0 Å². The van der Waals surface area contributed by atoms with Crippen LogP contribution in [0.1, 0.15) is 29.2 Å². The quantitative estimate of drug-likeness (QED) is 0.740. The van der Waals surface area contributed by atoms with Gasteiger partial charge in [-0.3, -0.25) is 0 Å². The number of fused-ring (bicyclic) bond motifs is 2. The molecule has 0 radical (unpaired) electrons. The lowest BCUT2D eigenvalue weighted by molar-refractivity contribution is -0.305. The lowest BCUT2D eigenvalue weighted by Gasteiger charge is -2.17. The number of hydrogen-bond acceptors (Lipinski definition) is 4. The third kappa shape index (κ3) is 4.25. The van der Waals surface area contributed by atoms with Gasteiger partial charge in [-0.05, 0) is 60.4 Å². The third-order valence-corrected chi connectivity index (χ3v) is 6.55. The molecule has 0 spiro atoms. The molecule has 0 aromatic heterocycles. The van der Waals surface area contributed by atoms with Crippen LogP contribution in [0.3, 0.4) is 0 Å². The molecule has 5 heteroatoms. The van der Waals surface area contributed by atoms with E-state index >= 15 is 0 Å². The van der Waals surface area contributed by atoms with Gasteiger partial charge in [-0.25, -0.2) is 0 Å². The van der Waals surface area contributed by atoms with Crippen LogP contribution in [0.5, 0.6) is 0 Å². The Morgan fingerprint density at radius 2 is 2.09 bits per heavy atom. The highest BCUT2D eigenvalue weighted by Gasteiger charge is 2.22. The number of carboxylic acids is 1. The predicted molar refractivity (Wildman–Crippen MR) is 95.2 cm³/mol. The summed E-state index contributed by atoms with van der Waals surface area (Å²) in [5.41, 5.74) is 2.58. The van der Waals surface area contributed by atoms with Gasteiger partial charge in [0.2, 0.25) is 0 Å². The zero-order valence-corrected chi connectivity index (χ0v) is 14.8. The summed E-state index contributed by atoms with van der Waals surface area (Å²) < 4.78 is 0. The summed E-state index contributed by atoms with van der Waals surface area (Å²) >= 11 is 9.76. The van der Waals surface area contributed by atoms with Gasteiger partial charge in [0.1, 0.15) is 0 Å². The Labute approximate surface area is 149 Å². The van der Waals surface area contributed by atoms with E-state index in [1.807, 2.05) is 23.9 Å². The van der Waals surface area contributed by atoms with Gasteiger partial charge in [0.25, 0.3) is 0 Å². The van der Waals surface area contributed by atoms with Crippen molar-refractivity contribution in [3.05, 3.63) is 58.6 Å². The Hall–Kier alpha value is -1.10. The van der Waals surface area contributed by atoms with Crippen molar-refractivity contribution < 1.29 is 9.90 Å². The maximum atomic E-state index is 10.6. The Kier molecular flexibility index (Phi) is 5.57. The molecule has 0 saturated heterocycles. The minimum atomic E-state index is -0.973. The summed E-state index contributed by atoms with van der Waals surface area (Å²) in [4.78, 5) is 13.1. The van der Waals surface area contributed by atoms with Crippen LogP contribution in [0.4, 0.5) is 0 Å². The van der Waals surface area contributed by atoms with E-state index < -0.39 is 5.97 Å². The van der Waals surface area contributed by atoms with Crippen LogP contribution in [0.15, 0.2) is 52.3 Å². The van der Waals surface area contributed by atoms with Gasteiger partial charge in [-0.1, -0.05) is 41.6 Å². The fraction of sp³-hybridized carbons (Fsp3) is 0.278. The van der Waals surface area contributed by atoms with E-state index in [1.165, 1.54) is 20.9 Å². The highest BCUT2D eigenvalue weighted by molar-refractivity contribution is 8.00. The number of thioether (sulfide) groups is 1. The summed E-state index contributed by atoms with van der Waals surface area (Å²) in [6.45, 7) is 0. The first kappa shape index (κ1) is 16.7. The number of carbonyl (C=O) groups excluding carboxylic acids is 1. The van der Waals surface area contributed by atoms with Crippen molar-refractivity contribution in [1.29, 1.82) is 0 Å². The standard InChI is InChI=1S/C18H17ClO2S2/c19-13-7-8-15-12(10-13)11-17(22-9-3-6-18(20)21)14-4-1-2-5-16(14)23-15/h1-2,4-5,7-8,10,17H,3,6,9,11H2,(H,20,21)/p-1/t17-/m0/s1. The normalized spacial score (nSPS) is 16.3. The van der Waals surface area contributed by atoms with Crippen molar-refractivity contribution in [3.63, 3.8) is 0 Å². The fourth-order valence-corrected chi connectivity index (χ4v) is 5.33. The molecule has 0 N–H and O–H groups in total. The van der Waals surface area contributed by atoms with Gasteiger partial charge < -0.3 is 9.90 Å². The molecule has 1 heterocycles. The summed E-state index contributed by atoms with van der Waals surface area (Å²) in [7, 11) is 0. The van der Waals surface area contributed by atoms with Gasteiger partial charge in [0.05, 0.1) is 0 Å². The molecule has 120 valence electrons. The Balaban J connectivity index is 1.83. The van der Waals surface area contributed by atoms with Gasteiger partial charge in [-0.2, -0.15) is 11.8 Å². The van der Waals surface area contributed by atoms with Crippen LogP contribution in [0.2, 0.25) is 5.02 Å². The van der Waals surface area contributed by atoms with Crippen LogP contribution in [0, 0.1) is 0 Å². The molecule has 1 aliphatic rings. The molecule has 0 bridgehead atoms. The number of aliphatic carboxylic acids is 1. The van der Waals surface area contributed by atoms with Crippen LogP contribution < -0.4 is 5.11 Å². The Bertz CT molecular complexity index is 718. The SMILES string of the molecule is O=C([O-])CCCS[C@H]1Cc2cc(Cl)ccc2Sc2ccccc21. The lowest BCUT2D eigenvalue weighted by Crippen LogP contribution is -2.21. The first-order chi connectivity index (χ1) is 11.1. The molecule has 3 rings (SSSR count). The van der Waals surface area contributed by atoms with E-state index in [2.05, 4.69) is 30.3 Å². The number of carbonyl (C=O) groups is 1. The molecule has 2 aromatic carbocycles. The second-order valence-electron chi connectivity index (χ2n) is 5.43. The largest absolute Gasteiger partial charge is 0.550 e. The van der Waals surface area contributed by atoms with Crippen molar-refractivity contribution in [2.45, 2.75) is 34.3 Å². The minimum Gasteiger partial charge on any atom is -0.550 e. The van der Waals surface area contributed by atoms with Crippen molar-refractivity contribution in [3.8, 4) is 0 Å². The van der Waals surface area contributed by atoms with E-state index in [-0.39, 0.29) is 6.42 Å². The number of carboxylic acid groups (broad SMARTS) is 1. The predicted octanol–water partition coefficient (Wildman–Crippen LogP) is 4.35. The maximum absolute atomic E-state index is 10.6. The average molecular weight is 364 g/mol. The molecule has 0 saturated carbocycles. The molecule has 1 atom stereocenters. The molecular weight excluding hydrogens is 348 g/mol. The maximum Gasteiger partial charge on any atom is 0.0414 e. The van der Waals surface area contributed by atoms with E-state index in [0.29, 0.717) is 11.7 Å². The zero-order chi connectivity index (χ0) is 16.2. The third-order valence-electron chi connectivity index (χ3n) is 3.76. The van der Waals surface area contributed by atoms with Gasteiger partial charge in [-0.15, -0.1) is 0 Å². The topological polar surface area (TPSA) is 40.1 Å². The summed E-state index contributed by atoms with van der Waals surface area (Å²) in [5, 5.41) is 11.6. The van der Waals surface area contributed by atoms with Crippen LogP contribution in [0.25, 0.3) is 0 Å². The number of rotatable bonds is 5. The molecule has 0 fully saturated rings. The van der Waals surface area contributed by atoms with Crippen molar-refractivity contribution in [2.75, 3.05) is 5.75 Å². The smallest absolute Gasteiger partial charge is 0.0414 e. The first-order valence-electron chi connectivity index (χ1n) is 7.50. The molecule has 0 aliphatic carbocycles. The summed E-state index contributed by atoms with van der Waals surface area (Å²) in [6, 6.07) is 14.5. The van der Waals surface area contributed by atoms with Crippen LogP contribution in [-0.2, 0) is 11.2 Å². The Morgan fingerprint density at radius 3 is 2.91 bits per heavy atom. The van der Waals surface area contributed by atoms with E-state index in [0.717, 1.165) is 17.2 Å². The van der Waals surface area contributed by atoms with Gasteiger partial charge in [0.15, 0.2) is 0 Å². The van der Waals surface area contributed by atoms with E-state index in [4.69, 9.17) is 11.6 Å². The monoisotopic (exact) mass is 363 g/mol.